The molecule has 4 N–H and O–H groups in total. The standard InChI is InChI=1S/C14H26N4O2/c1-11(2)7-15-9(19)13(5,17-11)14(6)10(20)16-8-12(3,4)18-14/h17-18H,7-8H2,1-6H3,(H,15,19)(H,16,20). The van der Waals surface area contributed by atoms with E-state index in [9.17, 15) is 9.59 Å². The maximum Gasteiger partial charge on any atom is 0.242 e. The highest BCUT2D eigenvalue weighted by molar-refractivity contribution is 6.00. The fourth-order valence-corrected chi connectivity index (χ4v) is 3.22. The van der Waals surface area contributed by atoms with E-state index in [-0.39, 0.29) is 22.9 Å². The summed E-state index contributed by atoms with van der Waals surface area (Å²) in [5.74, 6) is -0.306. The van der Waals surface area contributed by atoms with Gasteiger partial charge in [0, 0.05) is 24.2 Å². The Balaban J connectivity index is 2.44. The summed E-state index contributed by atoms with van der Waals surface area (Å²) in [4.78, 5) is 24.9. The summed E-state index contributed by atoms with van der Waals surface area (Å²) >= 11 is 0. The maximum absolute atomic E-state index is 12.5. The molecule has 6 heteroatoms. The van der Waals surface area contributed by atoms with E-state index in [1.807, 2.05) is 27.7 Å². The second-order valence-corrected chi connectivity index (χ2v) is 7.63. The first-order valence-electron chi connectivity index (χ1n) is 7.07. The van der Waals surface area contributed by atoms with Gasteiger partial charge in [0.15, 0.2) is 0 Å². The third-order valence-electron chi connectivity index (χ3n) is 4.47. The Hall–Kier alpha value is -1.14. The second-order valence-electron chi connectivity index (χ2n) is 7.63. The fourth-order valence-electron chi connectivity index (χ4n) is 3.22. The van der Waals surface area contributed by atoms with E-state index >= 15 is 0 Å². The Morgan fingerprint density at radius 2 is 1.00 bits per heavy atom. The molecule has 20 heavy (non-hydrogen) atoms. The number of amides is 2. The molecule has 0 aromatic rings. The van der Waals surface area contributed by atoms with E-state index in [0.717, 1.165) is 0 Å². The molecule has 2 aliphatic heterocycles. The van der Waals surface area contributed by atoms with Crippen LogP contribution in [0.25, 0.3) is 0 Å². The molecule has 2 amide bonds. The first-order valence-corrected chi connectivity index (χ1v) is 7.07. The summed E-state index contributed by atoms with van der Waals surface area (Å²) in [6.07, 6.45) is 0. The zero-order valence-corrected chi connectivity index (χ0v) is 13.2. The van der Waals surface area contributed by atoms with Gasteiger partial charge >= 0.3 is 0 Å². The molecule has 0 bridgehead atoms. The molecule has 0 radical (unpaired) electrons. The highest BCUT2D eigenvalue weighted by Gasteiger charge is 2.61. The van der Waals surface area contributed by atoms with Gasteiger partial charge in [-0.1, -0.05) is 0 Å². The molecule has 0 saturated carbocycles. The minimum Gasteiger partial charge on any atom is -0.353 e. The molecular weight excluding hydrogens is 256 g/mol. The predicted molar refractivity (Wildman–Crippen MR) is 77.3 cm³/mol. The molecule has 2 heterocycles. The van der Waals surface area contributed by atoms with Crippen molar-refractivity contribution in [2.24, 2.45) is 0 Å². The summed E-state index contributed by atoms with van der Waals surface area (Å²) < 4.78 is 0. The minimum atomic E-state index is -1.02. The average molecular weight is 282 g/mol. The molecule has 2 atom stereocenters. The quantitative estimate of drug-likeness (QED) is 0.522. The van der Waals surface area contributed by atoms with Crippen LogP contribution in [0.3, 0.4) is 0 Å². The summed E-state index contributed by atoms with van der Waals surface area (Å²) in [5, 5.41) is 12.5. The molecule has 0 aliphatic carbocycles. The van der Waals surface area contributed by atoms with Crippen molar-refractivity contribution < 1.29 is 9.59 Å². The number of nitrogens with one attached hydrogen (secondary N) is 4. The molecule has 6 nitrogen and oxygen atoms in total. The van der Waals surface area contributed by atoms with E-state index in [1.165, 1.54) is 0 Å². The second kappa shape index (κ2) is 4.18. The normalized spacial score (nSPS) is 39.9. The van der Waals surface area contributed by atoms with Crippen molar-refractivity contribution in [2.75, 3.05) is 13.1 Å². The van der Waals surface area contributed by atoms with Crippen LogP contribution in [0, 0.1) is 0 Å². The van der Waals surface area contributed by atoms with Crippen molar-refractivity contribution in [1.82, 2.24) is 21.3 Å². The molecule has 0 aromatic carbocycles. The van der Waals surface area contributed by atoms with E-state index < -0.39 is 11.1 Å². The van der Waals surface area contributed by atoms with Crippen LogP contribution in [0.5, 0.6) is 0 Å². The van der Waals surface area contributed by atoms with Crippen molar-refractivity contribution in [3.63, 3.8) is 0 Å². The smallest absolute Gasteiger partial charge is 0.242 e. The van der Waals surface area contributed by atoms with Crippen molar-refractivity contribution in [1.29, 1.82) is 0 Å². The van der Waals surface area contributed by atoms with Gasteiger partial charge in [-0.15, -0.1) is 0 Å². The molecule has 2 unspecified atom stereocenters. The maximum atomic E-state index is 12.5. The van der Waals surface area contributed by atoms with E-state index in [0.29, 0.717) is 13.1 Å². The largest absolute Gasteiger partial charge is 0.353 e. The van der Waals surface area contributed by atoms with Crippen molar-refractivity contribution in [3.8, 4) is 0 Å². The lowest BCUT2D eigenvalue weighted by atomic mass is 9.71. The lowest BCUT2D eigenvalue weighted by Gasteiger charge is -2.56. The SMILES string of the molecule is CC1(C)CNC(=O)C(C)(C2(C)NC(C)(C)CNC2=O)N1. The Morgan fingerprint density at radius 3 is 1.30 bits per heavy atom. The van der Waals surface area contributed by atoms with Crippen molar-refractivity contribution in [2.45, 2.75) is 63.7 Å². The van der Waals surface area contributed by atoms with Crippen LogP contribution in [0.1, 0.15) is 41.5 Å². The van der Waals surface area contributed by atoms with Crippen LogP contribution < -0.4 is 21.3 Å². The predicted octanol–water partition coefficient (Wildman–Crippen LogP) is -0.500. The van der Waals surface area contributed by atoms with Gasteiger partial charge in [0.25, 0.3) is 0 Å². The van der Waals surface area contributed by atoms with Crippen LogP contribution in [0.15, 0.2) is 0 Å². The number of piperazine rings is 2. The molecule has 2 fully saturated rings. The van der Waals surface area contributed by atoms with Gasteiger partial charge in [0.1, 0.15) is 11.1 Å². The zero-order valence-electron chi connectivity index (χ0n) is 13.2. The zero-order chi connectivity index (χ0) is 15.4. The van der Waals surface area contributed by atoms with E-state index in [1.54, 1.807) is 13.8 Å². The number of carbonyl (C=O) groups is 2. The van der Waals surface area contributed by atoms with Gasteiger partial charge in [-0.3, -0.25) is 20.2 Å². The van der Waals surface area contributed by atoms with Crippen molar-refractivity contribution in [3.05, 3.63) is 0 Å². The molecule has 2 saturated heterocycles. The lowest BCUT2D eigenvalue weighted by Crippen LogP contribution is -2.86. The highest BCUT2D eigenvalue weighted by Crippen LogP contribution is 2.32. The van der Waals surface area contributed by atoms with Gasteiger partial charge < -0.3 is 10.6 Å². The Morgan fingerprint density at radius 1 is 0.700 bits per heavy atom. The summed E-state index contributed by atoms with van der Waals surface area (Å²) in [6.45, 7) is 12.7. The molecule has 2 rings (SSSR count). The Bertz CT molecular complexity index is 418. The van der Waals surface area contributed by atoms with Crippen LogP contribution in [-0.2, 0) is 9.59 Å². The highest BCUT2D eigenvalue weighted by atomic mass is 16.2. The van der Waals surface area contributed by atoms with Gasteiger partial charge in [0.05, 0.1) is 0 Å². The summed E-state index contributed by atoms with van der Waals surface area (Å²) in [5.41, 5.74) is -2.57. The summed E-state index contributed by atoms with van der Waals surface area (Å²) in [6, 6.07) is 0. The average Bonchev–Trinajstić information content (AvgIpc) is 2.28. The lowest BCUT2D eigenvalue weighted by molar-refractivity contribution is -0.147. The number of hydrogen-bond donors (Lipinski definition) is 4. The molecule has 0 spiro atoms. The Kier molecular flexibility index (Phi) is 3.19. The van der Waals surface area contributed by atoms with Crippen LogP contribution >= 0.6 is 0 Å². The molecular formula is C14H26N4O2. The van der Waals surface area contributed by atoms with Gasteiger partial charge in [0.2, 0.25) is 11.8 Å². The third kappa shape index (κ3) is 2.20. The Labute approximate surface area is 120 Å². The van der Waals surface area contributed by atoms with Crippen LogP contribution in [-0.4, -0.2) is 47.1 Å². The monoisotopic (exact) mass is 282 g/mol. The van der Waals surface area contributed by atoms with E-state index in [2.05, 4.69) is 21.3 Å². The first kappa shape index (κ1) is 15.3. The van der Waals surface area contributed by atoms with Gasteiger partial charge in [-0.25, -0.2) is 0 Å². The number of rotatable bonds is 1. The van der Waals surface area contributed by atoms with E-state index in [4.69, 9.17) is 0 Å². The first-order chi connectivity index (χ1) is 8.92. The van der Waals surface area contributed by atoms with Crippen molar-refractivity contribution >= 4 is 11.8 Å². The summed E-state index contributed by atoms with van der Waals surface area (Å²) in [7, 11) is 0. The molecule has 114 valence electrons. The fraction of sp³-hybridized carbons (Fsp3) is 0.857. The van der Waals surface area contributed by atoms with Gasteiger partial charge in [-0.2, -0.15) is 0 Å². The topological polar surface area (TPSA) is 82.3 Å². The van der Waals surface area contributed by atoms with Crippen LogP contribution in [0.4, 0.5) is 0 Å². The number of carbonyl (C=O) groups excluding carboxylic acids is 2. The number of hydrogen-bond acceptors (Lipinski definition) is 4. The molecule has 2 aliphatic rings. The third-order valence-corrected chi connectivity index (χ3v) is 4.47. The molecule has 0 aromatic heterocycles. The minimum absolute atomic E-state index is 0.153. The van der Waals surface area contributed by atoms with Gasteiger partial charge in [-0.05, 0) is 41.5 Å². The van der Waals surface area contributed by atoms with Crippen LogP contribution in [0.2, 0.25) is 0 Å².